The summed E-state index contributed by atoms with van der Waals surface area (Å²) in [5, 5.41) is 9.08. The lowest BCUT2D eigenvalue weighted by atomic mass is 10.0. The van der Waals surface area contributed by atoms with Crippen LogP contribution in [0.15, 0.2) is 12.1 Å². The van der Waals surface area contributed by atoms with Crippen molar-refractivity contribution in [1.29, 1.82) is 0 Å². The molecule has 1 fully saturated rings. The van der Waals surface area contributed by atoms with Gasteiger partial charge in [0.1, 0.15) is 5.82 Å². The minimum atomic E-state index is -1.14. The van der Waals surface area contributed by atoms with E-state index in [1.165, 1.54) is 6.07 Å². The maximum absolute atomic E-state index is 14.1. The molecule has 0 spiro atoms. The van der Waals surface area contributed by atoms with E-state index in [4.69, 9.17) is 10.8 Å². The van der Waals surface area contributed by atoms with Crippen LogP contribution in [0.1, 0.15) is 23.2 Å². The molecule has 0 saturated carbocycles. The van der Waals surface area contributed by atoms with Crippen molar-refractivity contribution in [3.8, 4) is 0 Å². The molecule has 1 heterocycles. The normalized spacial score (nSPS) is 17.1. The van der Waals surface area contributed by atoms with Gasteiger partial charge in [-0.3, -0.25) is 0 Å². The summed E-state index contributed by atoms with van der Waals surface area (Å²) in [4.78, 5) is 15.2. The number of aromatic carboxylic acids is 1. The molecule has 110 valence electrons. The van der Waals surface area contributed by atoms with E-state index in [9.17, 15) is 9.18 Å². The van der Waals surface area contributed by atoms with Crippen molar-refractivity contribution in [2.24, 2.45) is 0 Å². The zero-order valence-corrected chi connectivity index (χ0v) is 11.8. The molecule has 0 amide bonds. The van der Waals surface area contributed by atoms with E-state index < -0.39 is 11.8 Å². The third-order valence-corrected chi connectivity index (χ3v) is 3.97. The predicted molar refractivity (Wildman–Crippen MR) is 76.7 cm³/mol. The second kappa shape index (κ2) is 5.66. The first-order valence-corrected chi connectivity index (χ1v) is 6.64. The van der Waals surface area contributed by atoms with Gasteiger partial charge in [0.15, 0.2) is 0 Å². The molecular weight excluding hydrogens is 261 g/mol. The Bertz CT molecular complexity index is 513. The summed E-state index contributed by atoms with van der Waals surface area (Å²) in [6, 6.07) is 2.63. The Balaban J connectivity index is 2.27. The Labute approximate surface area is 117 Å². The third kappa shape index (κ3) is 2.85. The summed E-state index contributed by atoms with van der Waals surface area (Å²) in [6.07, 6.45) is 1.86. The molecule has 3 N–H and O–H groups in total. The van der Waals surface area contributed by atoms with Gasteiger partial charge in [-0.1, -0.05) is 0 Å². The number of halogens is 1. The molecule has 0 aromatic heterocycles. The Hall–Kier alpha value is -1.82. The van der Waals surface area contributed by atoms with Gasteiger partial charge in [0.25, 0.3) is 0 Å². The Kier molecular flexibility index (Phi) is 4.13. The van der Waals surface area contributed by atoms with Gasteiger partial charge in [-0.15, -0.1) is 0 Å². The van der Waals surface area contributed by atoms with Crippen LogP contribution in [0.5, 0.6) is 0 Å². The topological polar surface area (TPSA) is 69.8 Å². The number of hydrogen-bond donors (Lipinski definition) is 2. The van der Waals surface area contributed by atoms with Crippen molar-refractivity contribution in [2.75, 3.05) is 37.8 Å². The Morgan fingerprint density at radius 2 is 2.05 bits per heavy atom. The first kappa shape index (κ1) is 14.6. The molecule has 0 unspecified atom stereocenters. The van der Waals surface area contributed by atoms with Crippen molar-refractivity contribution in [1.82, 2.24) is 4.90 Å². The number of anilines is 2. The van der Waals surface area contributed by atoms with Gasteiger partial charge >= 0.3 is 5.97 Å². The molecule has 20 heavy (non-hydrogen) atoms. The number of hydrogen-bond acceptors (Lipinski definition) is 4. The number of rotatable bonds is 3. The number of nitrogens with two attached hydrogens (primary N) is 1. The number of benzene rings is 1. The monoisotopic (exact) mass is 281 g/mol. The standard InChI is InChI=1S/C14H20FN3O2/c1-17-5-3-9(4-6-17)18(2)13-7-10(14(19)20)12(16)8-11(13)15/h7-9H,3-6,16H2,1-2H3,(H,19,20). The van der Waals surface area contributed by atoms with Crippen LogP contribution < -0.4 is 10.6 Å². The highest BCUT2D eigenvalue weighted by atomic mass is 19.1. The molecule has 2 rings (SSSR count). The second-order valence-electron chi connectivity index (χ2n) is 5.34. The molecule has 0 atom stereocenters. The molecular formula is C14H20FN3O2. The molecule has 0 aliphatic carbocycles. The first-order valence-electron chi connectivity index (χ1n) is 6.64. The van der Waals surface area contributed by atoms with Crippen LogP contribution in [-0.4, -0.2) is 49.2 Å². The summed E-state index contributed by atoms with van der Waals surface area (Å²) in [5.41, 5.74) is 5.74. The molecule has 0 radical (unpaired) electrons. The highest BCUT2D eigenvalue weighted by molar-refractivity contribution is 5.95. The number of carbonyl (C=O) groups is 1. The zero-order chi connectivity index (χ0) is 14.9. The number of nitrogens with zero attached hydrogens (tertiary/aromatic N) is 2. The SMILES string of the molecule is CN1CCC(N(C)c2cc(C(=O)O)c(N)cc2F)CC1. The van der Waals surface area contributed by atoms with Crippen molar-refractivity contribution in [2.45, 2.75) is 18.9 Å². The Morgan fingerprint density at radius 1 is 1.45 bits per heavy atom. The van der Waals surface area contributed by atoms with Crippen molar-refractivity contribution in [3.63, 3.8) is 0 Å². The first-order chi connectivity index (χ1) is 9.40. The molecule has 1 aliphatic rings. The van der Waals surface area contributed by atoms with Gasteiger partial charge in [-0.2, -0.15) is 0 Å². The lowest BCUT2D eigenvalue weighted by molar-refractivity contribution is 0.0698. The van der Waals surface area contributed by atoms with E-state index in [0.717, 1.165) is 32.0 Å². The van der Waals surface area contributed by atoms with E-state index >= 15 is 0 Å². The Morgan fingerprint density at radius 3 is 2.60 bits per heavy atom. The number of carboxylic acids is 1. The fourth-order valence-electron chi connectivity index (χ4n) is 2.61. The van der Waals surface area contributed by atoms with E-state index in [1.54, 1.807) is 7.05 Å². The average molecular weight is 281 g/mol. The minimum absolute atomic E-state index is 0.0458. The van der Waals surface area contributed by atoms with Crippen molar-refractivity contribution in [3.05, 3.63) is 23.5 Å². The molecule has 1 aromatic carbocycles. The van der Waals surface area contributed by atoms with Gasteiger partial charge in [0.2, 0.25) is 0 Å². The number of nitrogen functional groups attached to an aromatic ring is 1. The summed E-state index contributed by atoms with van der Waals surface area (Å²) < 4.78 is 14.1. The highest BCUT2D eigenvalue weighted by Crippen LogP contribution is 2.28. The third-order valence-electron chi connectivity index (χ3n) is 3.97. The van der Waals surface area contributed by atoms with E-state index in [2.05, 4.69) is 11.9 Å². The van der Waals surface area contributed by atoms with Crippen LogP contribution in [0.4, 0.5) is 15.8 Å². The summed E-state index contributed by atoms with van der Waals surface area (Å²) in [7, 11) is 3.86. The van der Waals surface area contributed by atoms with Crippen LogP contribution in [0.25, 0.3) is 0 Å². The van der Waals surface area contributed by atoms with Crippen molar-refractivity contribution >= 4 is 17.3 Å². The lowest BCUT2D eigenvalue weighted by Gasteiger charge is -2.36. The van der Waals surface area contributed by atoms with Gasteiger partial charge in [0.05, 0.1) is 11.3 Å². The number of likely N-dealkylation sites (tertiary alicyclic amines) is 1. The molecule has 1 aliphatic heterocycles. The van der Waals surface area contributed by atoms with Crippen molar-refractivity contribution < 1.29 is 14.3 Å². The van der Waals surface area contributed by atoms with Gasteiger partial charge < -0.3 is 20.6 Å². The molecule has 1 saturated heterocycles. The van der Waals surface area contributed by atoms with E-state index in [-0.39, 0.29) is 17.3 Å². The molecule has 1 aromatic rings. The number of piperidine rings is 1. The maximum Gasteiger partial charge on any atom is 0.337 e. The smallest absolute Gasteiger partial charge is 0.337 e. The summed E-state index contributed by atoms with van der Waals surface area (Å²) in [6.45, 7) is 1.91. The fraction of sp³-hybridized carbons (Fsp3) is 0.500. The van der Waals surface area contributed by atoms with Gasteiger partial charge in [0, 0.05) is 18.8 Å². The van der Waals surface area contributed by atoms with Crippen LogP contribution >= 0.6 is 0 Å². The largest absolute Gasteiger partial charge is 0.478 e. The lowest BCUT2D eigenvalue weighted by Crippen LogP contribution is -2.42. The summed E-state index contributed by atoms with van der Waals surface area (Å²) >= 11 is 0. The van der Waals surface area contributed by atoms with Crippen LogP contribution in [-0.2, 0) is 0 Å². The van der Waals surface area contributed by atoms with Crippen LogP contribution in [0, 0.1) is 5.82 Å². The maximum atomic E-state index is 14.1. The fourth-order valence-corrected chi connectivity index (χ4v) is 2.61. The molecule has 6 heteroatoms. The van der Waals surface area contributed by atoms with Crippen LogP contribution in [0.2, 0.25) is 0 Å². The van der Waals surface area contributed by atoms with Crippen LogP contribution in [0.3, 0.4) is 0 Å². The minimum Gasteiger partial charge on any atom is -0.478 e. The zero-order valence-electron chi connectivity index (χ0n) is 11.8. The molecule has 0 bridgehead atoms. The predicted octanol–water partition coefficient (Wildman–Crippen LogP) is 1.64. The highest BCUT2D eigenvalue weighted by Gasteiger charge is 2.24. The molecule has 5 nitrogen and oxygen atoms in total. The second-order valence-corrected chi connectivity index (χ2v) is 5.34. The van der Waals surface area contributed by atoms with E-state index in [1.807, 2.05) is 4.90 Å². The number of carboxylic acid groups (broad SMARTS) is 1. The van der Waals surface area contributed by atoms with Gasteiger partial charge in [-0.25, -0.2) is 9.18 Å². The quantitative estimate of drug-likeness (QED) is 0.824. The van der Waals surface area contributed by atoms with E-state index in [0.29, 0.717) is 5.69 Å². The average Bonchev–Trinajstić information content (AvgIpc) is 2.38. The van der Waals surface area contributed by atoms with Gasteiger partial charge in [-0.05, 0) is 45.1 Å². The summed E-state index contributed by atoms with van der Waals surface area (Å²) in [5.74, 6) is -1.62.